The zero-order valence-electron chi connectivity index (χ0n) is 16.5. The minimum absolute atomic E-state index is 0.00605. The van der Waals surface area contributed by atoms with Crippen LogP contribution in [0.4, 0.5) is 18.9 Å². The Morgan fingerprint density at radius 2 is 2.03 bits per heavy atom. The van der Waals surface area contributed by atoms with Crippen molar-refractivity contribution >= 4 is 29.1 Å². The third-order valence-corrected chi connectivity index (χ3v) is 5.33. The second kappa shape index (κ2) is 8.62. The van der Waals surface area contributed by atoms with Gasteiger partial charge in [0.05, 0.1) is 22.9 Å². The van der Waals surface area contributed by atoms with E-state index in [4.69, 9.17) is 11.6 Å². The third kappa shape index (κ3) is 4.75. The number of nitrogens with one attached hydrogen (secondary N) is 1. The first kappa shape index (κ1) is 21.8. The van der Waals surface area contributed by atoms with Gasteiger partial charge in [-0.2, -0.15) is 18.3 Å². The molecule has 2 heterocycles. The second-order valence-electron chi connectivity index (χ2n) is 7.36. The average molecular weight is 464 g/mol. The average Bonchev–Trinajstić information content (AvgIpc) is 3.38. The molecule has 1 unspecified atom stereocenters. The number of rotatable bonds is 5. The van der Waals surface area contributed by atoms with E-state index in [-0.39, 0.29) is 25.4 Å². The number of anilines is 1. The molecule has 4 rings (SSSR count). The first-order chi connectivity index (χ1) is 15.2. The molecule has 1 saturated heterocycles. The van der Waals surface area contributed by atoms with Gasteiger partial charge in [-0.05, 0) is 35.9 Å². The van der Waals surface area contributed by atoms with Crippen LogP contribution < -0.4 is 5.32 Å². The Morgan fingerprint density at radius 1 is 1.22 bits per heavy atom. The molecular formula is C21H17ClF3N5O2. The number of amides is 2. The van der Waals surface area contributed by atoms with Gasteiger partial charge in [-0.15, -0.1) is 0 Å². The number of aromatic nitrogens is 3. The van der Waals surface area contributed by atoms with E-state index >= 15 is 0 Å². The molecule has 0 saturated carbocycles. The molecule has 0 aliphatic carbocycles. The fraction of sp³-hybridized carbons (Fsp3) is 0.238. The highest BCUT2D eigenvalue weighted by Crippen LogP contribution is 2.31. The summed E-state index contributed by atoms with van der Waals surface area (Å²) < 4.78 is 40.3. The van der Waals surface area contributed by atoms with Crippen molar-refractivity contribution in [1.82, 2.24) is 19.7 Å². The molecule has 3 aromatic rings. The minimum atomic E-state index is -4.47. The van der Waals surface area contributed by atoms with E-state index < -0.39 is 23.6 Å². The van der Waals surface area contributed by atoms with E-state index in [1.165, 1.54) is 34.4 Å². The van der Waals surface area contributed by atoms with Crippen molar-refractivity contribution < 1.29 is 22.8 Å². The maximum Gasteiger partial charge on any atom is 0.416 e. The van der Waals surface area contributed by atoms with Crippen molar-refractivity contribution in [1.29, 1.82) is 0 Å². The van der Waals surface area contributed by atoms with Gasteiger partial charge in [-0.1, -0.05) is 23.7 Å². The van der Waals surface area contributed by atoms with Crippen LogP contribution >= 0.6 is 11.6 Å². The van der Waals surface area contributed by atoms with Crippen LogP contribution in [0.15, 0.2) is 55.1 Å². The van der Waals surface area contributed by atoms with Gasteiger partial charge in [0.25, 0.3) is 0 Å². The molecule has 2 amide bonds. The highest BCUT2D eigenvalue weighted by Gasteiger charge is 2.35. The van der Waals surface area contributed by atoms with Crippen LogP contribution in [0.2, 0.25) is 5.02 Å². The fourth-order valence-corrected chi connectivity index (χ4v) is 3.71. The van der Waals surface area contributed by atoms with Gasteiger partial charge in [-0.25, -0.2) is 9.67 Å². The summed E-state index contributed by atoms with van der Waals surface area (Å²) in [5.74, 6) is -1.35. The number of likely N-dealkylation sites (tertiary alicyclic amines) is 1. The zero-order valence-corrected chi connectivity index (χ0v) is 17.3. The monoisotopic (exact) mass is 463 g/mol. The molecule has 0 radical (unpaired) electrons. The molecule has 166 valence electrons. The number of hydrogen-bond acceptors (Lipinski definition) is 4. The van der Waals surface area contributed by atoms with Crippen LogP contribution in [-0.4, -0.2) is 38.0 Å². The van der Waals surface area contributed by atoms with Crippen LogP contribution in [0.1, 0.15) is 17.5 Å². The molecular weight excluding hydrogens is 447 g/mol. The number of alkyl halides is 3. The van der Waals surface area contributed by atoms with Gasteiger partial charge < -0.3 is 10.2 Å². The van der Waals surface area contributed by atoms with Crippen molar-refractivity contribution in [2.24, 2.45) is 5.92 Å². The quantitative estimate of drug-likeness (QED) is 0.622. The van der Waals surface area contributed by atoms with Crippen LogP contribution in [0.5, 0.6) is 0 Å². The van der Waals surface area contributed by atoms with Gasteiger partial charge in [0.2, 0.25) is 11.8 Å². The summed E-state index contributed by atoms with van der Waals surface area (Å²) in [6.45, 7) is 0.0913. The molecule has 1 aliphatic heterocycles. The molecule has 1 N–H and O–H groups in total. The van der Waals surface area contributed by atoms with Crippen LogP contribution in [0.3, 0.4) is 0 Å². The molecule has 0 spiro atoms. The first-order valence-electron chi connectivity index (χ1n) is 9.60. The number of benzene rings is 2. The van der Waals surface area contributed by atoms with Crippen LogP contribution in [0.25, 0.3) is 5.69 Å². The van der Waals surface area contributed by atoms with E-state index in [1.54, 1.807) is 18.2 Å². The molecule has 1 atom stereocenters. The number of nitrogens with zero attached hydrogens (tertiary/aromatic N) is 4. The van der Waals surface area contributed by atoms with Crippen LogP contribution in [0, 0.1) is 5.92 Å². The summed E-state index contributed by atoms with van der Waals surface area (Å²) in [7, 11) is 0. The molecule has 32 heavy (non-hydrogen) atoms. The Bertz CT molecular complexity index is 1150. The van der Waals surface area contributed by atoms with E-state index in [2.05, 4.69) is 15.4 Å². The number of hydrogen-bond donors (Lipinski definition) is 1. The SMILES string of the molecule is O=C(Nc1cc(Cl)ccc1-n1cncn1)C1CC(=O)N(Cc2cccc(C(F)(F)F)c2)C1. The lowest BCUT2D eigenvalue weighted by Gasteiger charge is -2.18. The molecule has 11 heteroatoms. The lowest BCUT2D eigenvalue weighted by molar-refractivity contribution is -0.137. The standard InChI is InChI=1S/C21H17ClF3N5O2/c22-16-4-5-18(30-12-26-11-27-30)17(8-16)28-20(32)14-7-19(31)29(10-14)9-13-2-1-3-15(6-13)21(23,24)25/h1-6,8,11-12,14H,7,9-10H2,(H,28,32). The summed E-state index contributed by atoms with van der Waals surface area (Å²) >= 11 is 6.06. The molecule has 7 nitrogen and oxygen atoms in total. The molecule has 1 fully saturated rings. The number of halogens is 4. The van der Waals surface area contributed by atoms with E-state index in [0.717, 1.165) is 12.1 Å². The van der Waals surface area contributed by atoms with Crippen molar-refractivity contribution in [2.75, 3.05) is 11.9 Å². The fourth-order valence-electron chi connectivity index (χ4n) is 3.54. The molecule has 0 bridgehead atoms. The predicted molar refractivity (Wildman–Crippen MR) is 110 cm³/mol. The molecule has 1 aromatic heterocycles. The third-order valence-electron chi connectivity index (χ3n) is 5.10. The van der Waals surface area contributed by atoms with Crippen molar-refractivity contribution in [3.63, 3.8) is 0 Å². The normalized spacial score (nSPS) is 16.4. The van der Waals surface area contributed by atoms with Gasteiger partial charge in [0.1, 0.15) is 12.7 Å². The Kier molecular flexibility index (Phi) is 5.88. The number of carbonyl (C=O) groups is 2. The van der Waals surface area contributed by atoms with Gasteiger partial charge in [0.15, 0.2) is 0 Å². The molecule has 1 aliphatic rings. The predicted octanol–water partition coefficient (Wildman–Crippen LogP) is 3.93. The van der Waals surface area contributed by atoms with Gasteiger partial charge >= 0.3 is 6.18 Å². The topological polar surface area (TPSA) is 80.1 Å². The van der Waals surface area contributed by atoms with Crippen LogP contribution in [-0.2, 0) is 22.3 Å². The van der Waals surface area contributed by atoms with Crippen molar-refractivity contribution in [3.05, 3.63) is 71.3 Å². The lowest BCUT2D eigenvalue weighted by atomic mass is 10.1. The van der Waals surface area contributed by atoms with Crippen molar-refractivity contribution in [2.45, 2.75) is 19.1 Å². The summed E-state index contributed by atoms with van der Waals surface area (Å²) in [4.78, 5) is 30.5. The Hall–Kier alpha value is -3.40. The Morgan fingerprint density at radius 3 is 2.75 bits per heavy atom. The maximum absolute atomic E-state index is 12.9. The first-order valence-corrected chi connectivity index (χ1v) is 9.98. The maximum atomic E-state index is 12.9. The Balaban J connectivity index is 1.46. The Labute approximate surface area is 185 Å². The lowest BCUT2D eigenvalue weighted by Crippen LogP contribution is -2.28. The molecule has 2 aromatic carbocycles. The van der Waals surface area contributed by atoms with E-state index in [9.17, 15) is 22.8 Å². The van der Waals surface area contributed by atoms with Gasteiger partial charge in [-0.3, -0.25) is 9.59 Å². The number of carbonyl (C=O) groups excluding carboxylic acids is 2. The summed E-state index contributed by atoms with van der Waals surface area (Å²) in [6.07, 6.45) is -1.69. The zero-order chi connectivity index (χ0) is 22.9. The van der Waals surface area contributed by atoms with Crippen molar-refractivity contribution in [3.8, 4) is 5.69 Å². The highest BCUT2D eigenvalue weighted by molar-refractivity contribution is 6.31. The largest absolute Gasteiger partial charge is 0.416 e. The summed E-state index contributed by atoms with van der Waals surface area (Å²) in [5.41, 5.74) is 0.511. The van der Waals surface area contributed by atoms with E-state index in [0.29, 0.717) is 22.0 Å². The summed E-state index contributed by atoms with van der Waals surface area (Å²) in [6, 6.07) is 9.68. The minimum Gasteiger partial charge on any atom is -0.338 e. The van der Waals surface area contributed by atoms with Gasteiger partial charge in [0, 0.05) is 24.5 Å². The highest BCUT2D eigenvalue weighted by atomic mass is 35.5. The summed E-state index contributed by atoms with van der Waals surface area (Å²) in [5, 5.41) is 7.22. The smallest absolute Gasteiger partial charge is 0.338 e. The van der Waals surface area contributed by atoms with E-state index in [1.807, 2.05) is 0 Å². The second-order valence-corrected chi connectivity index (χ2v) is 7.80.